The summed E-state index contributed by atoms with van der Waals surface area (Å²) >= 11 is 0. The Morgan fingerprint density at radius 2 is 1.91 bits per heavy atom. The molecule has 3 aliphatic rings. The molecule has 4 N–H and O–H groups in total. The molecule has 33 heavy (non-hydrogen) atoms. The average Bonchev–Trinajstić information content (AvgIpc) is 3.58. The molecule has 1 saturated carbocycles. The standard InChI is InChI=1S/C26H35N3O3S/c1-17-15-29(16-19-3-4-19)24-13-20-7-8-21(30)14-23(20)26(17,2)25(24)28-12-11-18-5-9-22(10-6-18)33(27,31)32/h5-10,14,17,19,24-25,28,30H,3-4,11-13,15-16H2,1-2H3,(H2,27,31,32)/t17?,24-,25-,26-/m1/s1. The molecule has 7 heteroatoms. The van der Waals surface area contributed by atoms with Crippen LogP contribution in [0.4, 0.5) is 0 Å². The lowest BCUT2D eigenvalue weighted by Crippen LogP contribution is -2.70. The predicted molar refractivity (Wildman–Crippen MR) is 130 cm³/mol. The van der Waals surface area contributed by atoms with Crippen molar-refractivity contribution in [1.82, 2.24) is 10.2 Å². The van der Waals surface area contributed by atoms with Gasteiger partial charge in [-0.3, -0.25) is 4.90 Å². The molecule has 4 atom stereocenters. The first-order valence-electron chi connectivity index (χ1n) is 12.1. The highest BCUT2D eigenvalue weighted by atomic mass is 32.2. The molecule has 5 rings (SSSR count). The van der Waals surface area contributed by atoms with Crippen LogP contribution >= 0.6 is 0 Å². The maximum atomic E-state index is 11.5. The van der Waals surface area contributed by atoms with Crippen molar-refractivity contribution in [2.24, 2.45) is 17.0 Å². The first-order chi connectivity index (χ1) is 15.7. The first kappa shape index (κ1) is 22.8. The number of rotatable bonds is 7. The van der Waals surface area contributed by atoms with Gasteiger partial charge < -0.3 is 10.4 Å². The van der Waals surface area contributed by atoms with Gasteiger partial charge in [0, 0.05) is 30.6 Å². The van der Waals surface area contributed by atoms with Crippen molar-refractivity contribution in [3.05, 3.63) is 59.2 Å². The molecule has 2 aromatic rings. The van der Waals surface area contributed by atoms with Crippen molar-refractivity contribution in [2.45, 2.75) is 61.9 Å². The minimum absolute atomic E-state index is 0.0610. The summed E-state index contributed by atoms with van der Waals surface area (Å²) in [6.07, 6.45) is 4.53. The Balaban J connectivity index is 1.38. The quantitative estimate of drug-likeness (QED) is 0.580. The Bertz CT molecular complexity index is 1130. The number of nitrogens with zero attached hydrogens (tertiary/aromatic N) is 1. The molecule has 2 fully saturated rings. The smallest absolute Gasteiger partial charge is 0.238 e. The highest BCUT2D eigenvalue weighted by Gasteiger charge is 2.54. The predicted octanol–water partition coefficient (Wildman–Crippen LogP) is 2.78. The molecule has 2 aliphatic carbocycles. The van der Waals surface area contributed by atoms with Gasteiger partial charge in [0.1, 0.15) is 5.75 Å². The average molecular weight is 470 g/mol. The largest absolute Gasteiger partial charge is 0.508 e. The molecule has 0 spiro atoms. The Morgan fingerprint density at radius 1 is 1.18 bits per heavy atom. The lowest BCUT2D eigenvalue weighted by molar-refractivity contribution is 0.00435. The number of aromatic hydroxyl groups is 1. The third-order valence-corrected chi connectivity index (χ3v) is 9.28. The van der Waals surface area contributed by atoms with Gasteiger partial charge in [0.25, 0.3) is 0 Å². The van der Waals surface area contributed by atoms with Gasteiger partial charge in [-0.15, -0.1) is 0 Å². The number of benzene rings is 2. The van der Waals surface area contributed by atoms with Gasteiger partial charge in [-0.25, -0.2) is 13.6 Å². The summed E-state index contributed by atoms with van der Waals surface area (Å²) in [7, 11) is -3.67. The molecular weight excluding hydrogens is 434 g/mol. The fourth-order valence-electron chi connectivity index (χ4n) is 6.15. The highest BCUT2D eigenvalue weighted by molar-refractivity contribution is 7.89. The molecule has 0 amide bonds. The summed E-state index contributed by atoms with van der Waals surface area (Å²) in [5.74, 6) is 1.65. The van der Waals surface area contributed by atoms with Gasteiger partial charge in [-0.05, 0) is 85.0 Å². The first-order valence-corrected chi connectivity index (χ1v) is 13.6. The molecule has 0 radical (unpaired) electrons. The molecule has 1 aliphatic heterocycles. The fourth-order valence-corrected chi connectivity index (χ4v) is 6.67. The maximum Gasteiger partial charge on any atom is 0.238 e. The second-order valence-corrected chi connectivity index (χ2v) is 12.1. The van der Waals surface area contributed by atoms with Gasteiger partial charge in [-0.2, -0.15) is 0 Å². The van der Waals surface area contributed by atoms with E-state index in [1.165, 1.54) is 30.5 Å². The van der Waals surface area contributed by atoms with E-state index in [-0.39, 0.29) is 16.4 Å². The molecule has 2 bridgehead atoms. The maximum absolute atomic E-state index is 11.5. The van der Waals surface area contributed by atoms with E-state index in [1.54, 1.807) is 12.1 Å². The third kappa shape index (κ3) is 4.32. The Labute approximate surface area is 197 Å². The lowest BCUT2D eigenvalue weighted by Gasteiger charge is -2.59. The molecular formula is C26H35N3O3S. The number of nitrogens with two attached hydrogens (primary N) is 1. The molecule has 1 saturated heterocycles. The normalized spacial score (nSPS) is 29.6. The van der Waals surface area contributed by atoms with E-state index in [0.29, 0.717) is 17.7 Å². The number of piperidine rings is 1. The number of likely N-dealkylation sites (tertiary alicyclic amines) is 1. The molecule has 0 aromatic heterocycles. The van der Waals surface area contributed by atoms with Gasteiger partial charge >= 0.3 is 0 Å². The number of hydrogen-bond acceptors (Lipinski definition) is 5. The van der Waals surface area contributed by atoms with Crippen LogP contribution in [0.2, 0.25) is 0 Å². The fraction of sp³-hybridized carbons (Fsp3) is 0.538. The molecule has 1 heterocycles. The van der Waals surface area contributed by atoms with Gasteiger partial charge in [0.15, 0.2) is 0 Å². The Hall–Kier alpha value is -1.93. The number of phenols is 1. The van der Waals surface area contributed by atoms with Crippen LogP contribution in [0.1, 0.15) is 43.4 Å². The summed E-state index contributed by atoms with van der Waals surface area (Å²) in [5.41, 5.74) is 3.67. The third-order valence-electron chi connectivity index (χ3n) is 8.35. The number of primary sulfonamides is 1. The van der Waals surface area contributed by atoms with E-state index < -0.39 is 10.0 Å². The molecule has 178 valence electrons. The van der Waals surface area contributed by atoms with Crippen LogP contribution < -0.4 is 10.5 Å². The zero-order chi connectivity index (χ0) is 23.4. The highest BCUT2D eigenvalue weighted by Crippen LogP contribution is 2.49. The summed E-state index contributed by atoms with van der Waals surface area (Å²) in [4.78, 5) is 2.87. The van der Waals surface area contributed by atoms with E-state index in [4.69, 9.17) is 5.14 Å². The zero-order valence-electron chi connectivity index (χ0n) is 19.5. The van der Waals surface area contributed by atoms with Crippen LogP contribution in [-0.2, 0) is 28.3 Å². The number of phenolic OH excluding ortho intramolecular Hbond substituents is 1. The van der Waals surface area contributed by atoms with Crippen LogP contribution in [-0.4, -0.2) is 50.1 Å². The van der Waals surface area contributed by atoms with E-state index >= 15 is 0 Å². The van der Waals surface area contributed by atoms with E-state index in [1.807, 2.05) is 24.3 Å². The van der Waals surface area contributed by atoms with Crippen LogP contribution in [0.5, 0.6) is 5.75 Å². The topological polar surface area (TPSA) is 95.7 Å². The molecule has 1 unspecified atom stereocenters. The lowest BCUT2D eigenvalue weighted by atomic mass is 9.57. The van der Waals surface area contributed by atoms with Crippen LogP contribution in [0, 0.1) is 11.8 Å². The van der Waals surface area contributed by atoms with Crippen molar-refractivity contribution in [3.8, 4) is 5.75 Å². The van der Waals surface area contributed by atoms with Gasteiger partial charge in [0.2, 0.25) is 10.0 Å². The second kappa shape index (κ2) is 8.38. The second-order valence-electron chi connectivity index (χ2n) is 10.6. The Morgan fingerprint density at radius 3 is 2.58 bits per heavy atom. The summed E-state index contributed by atoms with van der Waals surface area (Å²) < 4.78 is 23.0. The van der Waals surface area contributed by atoms with E-state index in [9.17, 15) is 13.5 Å². The summed E-state index contributed by atoms with van der Waals surface area (Å²) in [5, 5.41) is 19.4. The number of hydrogen-bond donors (Lipinski definition) is 3. The monoisotopic (exact) mass is 469 g/mol. The summed E-state index contributed by atoms with van der Waals surface area (Å²) in [6.45, 7) is 7.82. The minimum atomic E-state index is -3.67. The van der Waals surface area contributed by atoms with Crippen molar-refractivity contribution in [1.29, 1.82) is 0 Å². The van der Waals surface area contributed by atoms with Crippen molar-refractivity contribution < 1.29 is 13.5 Å². The number of sulfonamides is 1. The van der Waals surface area contributed by atoms with E-state index in [2.05, 4.69) is 30.1 Å². The Kier molecular flexibility index (Phi) is 5.80. The van der Waals surface area contributed by atoms with Crippen LogP contribution in [0.25, 0.3) is 0 Å². The molecule has 2 aromatic carbocycles. The minimum Gasteiger partial charge on any atom is -0.508 e. The zero-order valence-corrected chi connectivity index (χ0v) is 20.3. The van der Waals surface area contributed by atoms with Crippen LogP contribution in [0.3, 0.4) is 0 Å². The van der Waals surface area contributed by atoms with Crippen molar-refractivity contribution in [3.63, 3.8) is 0 Å². The number of fused-ring (bicyclic) bond motifs is 4. The van der Waals surface area contributed by atoms with Gasteiger partial charge in [0.05, 0.1) is 4.90 Å². The van der Waals surface area contributed by atoms with E-state index in [0.717, 1.165) is 37.4 Å². The van der Waals surface area contributed by atoms with Gasteiger partial charge in [-0.1, -0.05) is 32.0 Å². The number of nitrogens with one attached hydrogen (secondary N) is 1. The molecule has 6 nitrogen and oxygen atoms in total. The summed E-state index contributed by atoms with van der Waals surface area (Å²) in [6, 6.07) is 13.5. The van der Waals surface area contributed by atoms with Crippen LogP contribution in [0.15, 0.2) is 47.4 Å². The SMILES string of the molecule is CC1CN(CC2CC2)[C@@H]2Cc3ccc(O)cc3[C@]1(C)[C@@H]2NCCc1ccc(S(N)(=O)=O)cc1. The van der Waals surface area contributed by atoms with Crippen molar-refractivity contribution >= 4 is 10.0 Å². The van der Waals surface area contributed by atoms with Crippen molar-refractivity contribution in [2.75, 3.05) is 19.6 Å².